The lowest BCUT2D eigenvalue weighted by atomic mass is 9.89. The SMILES string of the molecule is COc1cc2c(cc1OCc1cc(COc3cc4c(cc3OC)C(=O)N3C=C(C)C[C@H]3C=N4)cc(-c3cn(CCOCCOCCOCCOCCOCCOCCNC(=O)CC4CCCCCCC4)nn3)c1)N=CC1CC(C)=CN1C2=O. The number of benzene rings is 3. The van der Waals surface area contributed by atoms with Crippen molar-refractivity contribution >= 4 is 41.5 Å². The summed E-state index contributed by atoms with van der Waals surface area (Å²) in [6.45, 7) is 10.6. The first-order valence-corrected chi connectivity index (χ1v) is 29.2. The predicted octanol–water partition coefficient (Wildman–Crippen LogP) is 8.76. The average molecular weight is 1150 g/mol. The standard InChI is InChI=1S/C62H80N8O13/c1-43-26-49-36-64-53-34-58(56(74-3)32-51(53)61(72)69(49)38-43)82-41-46-28-47(42-83-59-35-54-52(33-57(59)75-4)62(73)70-39-44(2)27-50(70)37-65-54)30-48(29-46)55-40-68(67-66-55)13-15-77-17-19-79-21-23-81-25-24-80-22-20-78-18-16-76-14-12-63-60(71)31-45-10-8-6-5-7-9-11-45/h28-30,32-40,45,49-50H,5-27,31,41-42H2,1-4H3,(H,63,71)/t49-,50?/m0/s1. The first-order chi connectivity index (χ1) is 40.6. The number of aliphatic imine (C=N–C) groups is 2. The number of nitrogens with one attached hydrogen (secondary N) is 1. The lowest BCUT2D eigenvalue weighted by molar-refractivity contribution is -0.122. The molecule has 5 aliphatic rings. The molecular formula is C62H80N8O13. The highest BCUT2D eigenvalue weighted by atomic mass is 16.6. The molecule has 1 unspecified atom stereocenters. The Bertz CT molecular complexity index is 2820. The van der Waals surface area contributed by atoms with Crippen LogP contribution in [-0.4, -0.2) is 167 Å². The summed E-state index contributed by atoms with van der Waals surface area (Å²) >= 11 is 0. The van der Waals surface area contributed by atoms with Gasteiger partial charge < -0.3 is 62.5 Å². The minimum atomic E-state index is -0.147. The van der Waals surface area contributed by atoms with Crippen molar-refractivity contribution in [2.45, 2.75) is 110 Å². The number of nitrogens with zero attached hydrogens (tertiary/aromatic N) is 7. The molecule has 3 aromatic carbocycles. The molecule has 1 N–H and O–H groups in total. The summed E-state index contributed by atoms with van der Waals surface area (Å²) in [6.07, 6.45) is 20.1. The van der Waals surface area contributed by atoms with Crippen LogP contribution in [0.1, 0.15) is 110 Å². The molecule has 0 bridgehead atoms. The summed E-state index contributed by atoms with van der Waals surface area (Å²) in [5.41, 5.74) is 7.09. The van der Waals surface area contributed by atoms with Gasteiger partial charge in [-0.25, -0.2) is 4.68 Å². The molecule has 446 valence electrons. The van der Waals surface area contributed by atoms with E-state index in [-0.39, 0.29) is 43.0 Å². The van der Waals surface area contributed by atoms with Crippen LogP contribution >= 0.6 is 0 Å². The van der Waals surface area contributed by atoms with Gasteiger partial charge in [-0.15, -0.1) is 5.10 Å². The van der Waals surface area contributed by atoms with Gasteiger partial charge in [-0.3, -0.25) is 24.4 Å². The molecule has 2 atom stereocenters. The van der Waals surface area contributed by atoms with E-state index < -0.39 is 0 Å². The third-order valence-corrected chi connectivity index (χ3v) is 15.0. The summed E-state index contributed by atoms with van der Waals surface area (Å²) in [6, 6.07) is 12.5. The Hall–Kier alpha value is -7.01. The lowest BCUT2D eigenvalue weighted by Gasteiger charge is -2.19. The summed E-state index contributed by atoms with van der Waals surface area (Å²) in [4.78, 5) is 52.5. The summed E-state index contributed by atoms with van der Waals surface area (Å²) in [5, 5.41) is 11.9. The van der Waals surface area contributed by atoms with Crippen LogP contribution < -0.4 is 24.3 Å². The molecule has 0 saturated heterocycles. The number of ether oxygens (including phenoxy) is 10. The highest BCUT2D eigenvalue weighted by Gasteiger charge is 2.34. The zero-order valence-corrected chi connectivity index (χ0v) is 48.5. The minimum Gasteiger partial charge on any atom is -0.493 e. The third-order valence-electron chi connectivity index (χ3n) is 15.0. The molecule has 0 spiro atoms. The molecule has 1 saturated carbocycles. The van der Waals surface area contributed by atoms with Crippen molar-refractivity contribution in [3.05, 3.63) is 94.5 Å². The lowest BCUT2D eigenvalue weighted by Crippen LogP contribution is -2.32. The molecule has 4 aliphatic heterocycles. The summed E-state index contributed by atoms with van der Waals surface area (Å²) in [5.74, 6) is 2.02. The molecule has 21 nitrogen and oxygen atoms in total. The molecule has 21 heteroatoms. The van der Waals surface area contributed by atoms with Crippen LogP contribution in [0.25, 0.3) is 11.3 Å². The van der Waals surface area contributed by atoms with Crippen molar-refractivity contribution in [1.29, 1.82) is 0 Å². The fraction of sp³-hybridized carbons (Fsp3) is 0.532. The number of carbonyl (C=O) groups excluding carboxylic acids is 3. The molecule has 0 radical (unpaired) electrons. The van der Waals surface area contributed by atoms with E-state index in [1.54, 1.807) is 53.0 Å². The maximum absolute atomic E-state index is 13.7. The fourth-order valence-corrected chi connectivity index (χ4v) is 10.7. The zero-order chi connectivity index (χ0) is 57.8. The predicted molar refractivity (Wildman–Crippen MR) is 311 cm³/mol. The number of carbonyl (C=O) groups is 3. The normalized spacial score (nSPS) is 17.6. The molecular weight excluding hydrogens is 1060 g/mol. The van der Waals surface area contributed by atoms with Gasteiger partial charge >= 0.3 is 0 Å². The van der Waals surface area contributed by atoms with E-state index in [0.29, 0.717) is 156 Å². The van der Waals surface area contributed by atoms with Gasteiger partial charge in [0.15, 0.2) is 23.0 Å². The Morgan fingerprint density at radius 1 is 0.578 bits per heavy atom. The molecule has 1 aromatic heterocycles. The van der Waals surface area contributed by atoms with Crippen molar-refractivity contribution < 1.29 is 61.8 Å². The zero-order valence-electron chi connectivity index (χ0n) is 48.5. The first kappa shape index (κ1) is 60.6. The number of rotatable bonds is 32. The Morgan fingerprint density at radius 3 is 1.54 bits per heavy atom. The second-order valence-electron chi connectivity index (χ2n) is 21.4. The van der Waals surface area contributed by atoms with Crippen LogP contribution in [0.5, 0.6) is 23.0 Å². The van der Waals surface area contributed by atoms with Crippen molar-refractivity contribution in [1.82, 2.24) is 30.1 Å². The van der Waals surface area contributed by atoms with Crippen LogP contribution in [0.4, 0.5) is 11.4 Å². The van der Waals surface area contributed by atoms with Gasteiger partial charge in [-0.05, 0) is 86.9 Å². The molecule has 4 aromatic rings. The maximum Gasteiger partial charge on any atom is 0.260 e. The Labute approximate surface area is 486 Å². The molecule has 1 aliphatic carbocycles. The summed E-state index contributed by atoms with van der Waals surface area (Å²) in [7, 11) is 3.08. The maximum atomic E-state index is 13.7. The number of aromatic nitrogens is 3. The van der Waals surface area contributed by atoms with Gasteiger partial charge in [0.25, 0.3) is 11.8 Å². The topological polar surface area (TPSA) is 217 Å². The molecule has 9 rings (SSSR count). The first-order valence-electron chi connectivity index (χ1n) is 29.2. The van der Waals surface area contributed by atoms with Gasteiger partial charge in [0.1, 0.15) is 18.9 Å². The van der Waals surface area contributed by atoms with Gasteiger partial charge in [-0.2, -0.15) is 0 Å². The van der Waals surface area contributed by atoms with Crippen LogP contribution in [0.15, 0.2) is 82.2 Å². The number of fused-ring (bicyclic) bond motifs is 4. The Morgan fingerprint density at radius 2 is 1.05 bits per heavy atom. The van der Waals surface area contributed by atoms with Crippen LogP contribution in [-0.2, 0) is 53.0 Å². The van der Waals surface area contributed by atoms with E-state index in [9.17, 15) is 14.4 Å². The average Bonchev–Trinajstić information content (AvgIpc) is 4.42. The van der Waals surface area contributed by atoms with Crippen LogP contribution in [0, 0.1) is 5.92 Å². The summed E-state index contributed by atoms with van der Waals surface area (Å²) < 4.78 is 60.1. The second kappa shape index (κ2) is 31.0. The minimum absolute atomic E-state index is 0.124. The van der Waals surface area contributed by atoms with Gasteiger partial charge in [0.2, 0.25) is 5.91 Å². The Kier molecular flexibility index (Phi) is 22.7. The van der Waals surface area contributed by atoms with E-state index in [1.807, 2.05) is 63.1 Å². The van der Waals surface area contributed by atoms with E-state index in [1.165, 1.54) is 44.9 Å². The molecule has 5 heterocycles. The van der Waals surface area contributed by atoms with E-state index >= 15 is 0 Å². The molecule has 83 heavy (non-hydrogen) atoms. The fourth-order valence-electron chi connectivity index (χ4n) is 10.7. The Balaban J connectivity index is 0.702. The number of hydrogen-bond donors (Lipinski definition) is 1. The quantitative estimate of drug-likeness (QED) is 0.0452. The van der Waals surface area contributed by atoms with E-state index in [4.69, 9.17) is 57.4 Å². The monoisotopic (exact) mass is 1140 g/mol. The van der Waals surface area contributed by atoms with E-state index in [2.05, 4.69) is 15.6 Å². The smallest absolute Gasteiger partial charge is 0.260 e. The number of amides is 3. The van der Waals surface area contributed by atoms with E-state index in [0.717, 1.165) is 40.7 Å². The number of methoxy groups -OCH3 is 2. The van der Waals surface area contributed by atoms with Crippen molar-refractivity contribution in [3.8, 4) is 34.3 Å². The van der Waals surface area contributed by atoms with Gasteiger partial charge in [0.05, 0.1) is 141 Å². The largest absolute Gasteiger partial charge is 0.493 e. The van der Waals surface area contributed by atoms with Crippen LogP contribution in [0.3, 0.4) is 0 Å². The molecule has 3 amide bonds. The number of hydrogen-bond acceptors (Lipinski definition) is 17. The second-order valence-corrected chi connectivity index (χ2v) is 21.4. The van der Waals surface area contributed by atoms with Crippen molar-refractivity contribution in [3.63, 3.8) is 0 Å². The highest BCUT2D eigenvalue weighted by molar-refractivity contribution is 6.05. The van der Waals surface area contributed by atoms with Crippen molar-refractivity contribution in [2.75, 3.05) is 100 Å². The van der Waals surface area contributed by atoms with Gasteiger partial charge in [-0.1, -0.05) is 48.5 Å². The van der Waals surface area contributed by atoms with Crippen molar-refractivity contribution in [2.24, 2.45) is 15.9 Å². The van der Waals surface area contributed by atoms with Crippen LogP contribution in [0.2, 0.25) is 0 Å². The molecule has 1 fully saturated rings. The third kappa shape index (κ3) is 17.3. The highest BCUT2D eigenvalue weighted by Crippen LogP contribution is 2.41. The van der Waals surface area contributed by atoms with Gasteiger partial charge in [0, 0.05) is 55.5 Å².